The number of aliphatic hydroxyl groups excluding tert-OH is 1. The maximum absolute atomic E-state index is 15.8. The summed E-state index contributed by atoms with van der Waals surface area (Å²) < 4.78 is 79.2. The van der Waals surface area contributed by atoms with E-state index in [0.717, 1.165) is 0 Å². The van der Waals surface area contributed by atoms with Crippen LogP contribution in [-0.4, -0.2) is 94.0 Å². The average molecular weight is 693 g/mol. The first-order chi connectivity index (χ1) is 20.9. The summed E-state index contributed by atoms with van der Waals surface area (Å²) in [5.74, 6) is 0.149. The number of aliphatic hydroxyl groups is 1. The fourth-order valence-electron chi connectivity index (χ4n) is 5.20. The predicted molar refractivity (Wildman–Crippen MR) is 153 cm³/mol. The third-order valence-electron chi connectivity index (χ3n) is 7.21. The molecular weight excluding hydrogens is 669 g/mol. The summed E-state index contributed by atoms with van der Waals surface area (Å²) >= 11 is 8.07. The lowest BCUT2D eigenvalue weighted by atomic mass is 10.1. The van der Waals surface area contributed by atoms with Gasteiger partial charge < -0.3 is 26.0 Å². The Morgan fingerprint density at radius 3 is 1.89 bits per heavy atom. The smallest absolute Gasteiger partial charge is 0.386 e. The molecule has 3 aliphatic rings. The number of nitrogens with two attached hydrogens (primary N) is 2. The molecule has 0 aromatic carbocycles. The first kappa shape index (κ1) is 30.2. The molecule has 0 unspecified atom stereocenters. The molecule has 0 spiro atoms. The molecule has 24 heteroatoms. The molecule has 0 saturated carbocycles. The minimum Gasteiger partial charge on any atom is -0.386 e. The third-order valence-corrected chi connectivity index (χ3v) is 10.4. The maximum atomic E-state index is 15.8. The van der Waals surface area contributed by atoms with E-state index in [-0.39, 0.29) is 34.0 Å². The number of ether oxygens (including phenoxy) is 2. The second-order valence-electron chi connectivity index (χ2n) is 9.90. The van der Waals surface area contributed by atoms with E-state index >= 15 is 4.39 Å². The zero-order valence-corrected chi connectivity index (χ0v) is 25.5. The summed E-state index contributed by atoms with van der Waals surface area (Å²) in [5, 5.41) is 11.2. The SMILES string of the molecule is Nc1ncnc2c1ncn2[C@@H]1O[C@@H]2CO[P@@](=O)(S)O[C@@H]3[C@@H](F)[C@@H](CO[P@@](=O)(S)O[C@H]2[C@H]1O)O[C@H]3n1cnc2c(N)ncnc21. The first-order valence-corrected chi connectivity index (χ1v) is 18.1. The van der Waals surface area contributed by atoms with Gasteiger partial charge in [0.1, 0.15) is 54.2 Å². The van der Waals surface area contributed by atoms with Gasteiger partial charge in [-0.1, -0.05) is 24.5 Å². The van der Waals surface area contributed by atoms with Crippen molar-refractivity contribution in [3.05, 3.63) is 25.3 Å². The predicted octanol–water partition coefficient (Wildman–Crippen LogP) is 1.22. The van der Waals surface area contributed by atoms with Crippen LogP contribution >= 0.6 is 38.1 Å². The highest BCUT2D eigenvalue weighted by Crippen LogP contribution is 2.60. The lowest BCUT2D eigenvalue weighted by molar-refractivity contribution is -0.0572. The first-order valence-electron chi connectivity index (χ1n) is 12.7. The molecule has 19 nitrogen and oxygen atoms in total. The van der Waals surface area contributed by atoms with Gasteiger partial charge in [-0.25, -0.2) is 43.4 Å². The number of nitrogen functional groups attached to an aromatic ring is 2. The number of alkyl halides is 1. The molecule has 236 valence electrons. The van der Waals surface area contributed by atoms with E-state index in [2.05, 4.69) is 54.4 Å². The Balaban J connectivity index is 1.20. The Morgan fingerprint density at radius 1 is 0.795 bits per heavy atom. The van der Waals surface area contributed by atoms with Crippen LogP contribution in [0, 0.1) is 0 Å². The van der Waals surface area contributed by atoms with Gasteiger partial charge in [-0.2, -0.15) is 0 Å². The van der Waals surface area contributed by atoms with Gasteiger partial charge in [-0.15, -0.1) is 0 Å². The van der Waals surface area contributed by atoms with Crippen molar-refractivity contribution < 1.29 is 46.2 Å². The molecule has 4 aromatic rings. The Hall–Kier alpha value is -2.49. The number of nitrogens with zero attached hydrogens (tertiary/aromatic N) is 8. The molecule has 0 amide bonds. The molecule has 5 N–H and O–H groups in total. The molecule has 2 bridgehead atoms. The van der Waals surface area contributed by atoms with E-state index in [1.807, 2.05) is 0 Å². The maximum Gasteiger partial charge on any atom is 0.386 e. The molecular formula is C20H23FN10O9P2S2. The van der Waals surface area contributed by atoms with Crippen molar-refractivity contribution in [2.75, 3.05) is 24.7 Å². The van der Waals surface area contributed by atoms with Gasteiger partial charge in [0, 0.05) is 0 Å². The van der Waals surface area contributed by atoms with Gasteiger partial charge in [0.05, 0.1) is 25.9 Å². The van der Waals surface area contributed by atoms with Gasteiger partial charge in [0.2, 0.25) is 0 Å². The molecule has 3 saturated heterocycles. The van der Waals surface area contributed by atoms with E-state index in [9.17, 15) is 14.2 Å². The highest BCUT2D eigenvalue weighted by atomic mass is 32.7. The van der Waals surface area contributed by atoms with Gasteiger partial charge in [-0.3, -0.25) is 27.2 Å². The second kappa shape index (κ2) is 11.1. The molecule has 7 heterocycles. The minimum atomic E-state index is -4.39. The number of fused-ring (bicyclic) bond motifs is 5. The molecule has 3 fully saturated rings. The average Bonchev–Trinajstić information content (AvgIpc) is 3.73. The van der Waals surface area contributed by atoms with Crippen molar-refractivity contribution in [2.45, 2.75) is 49.1 Å². The standard InChI is InChI=1S/C20H23FN10O9P2S2/c21-9-7-1-35-41(33,43)39-13-8(38-19(12(13)32)30-5-28-10-15(22)24-3-26-17(10)30)2-36-42(34,44)40-14(9)20(37-7)31-6-29-11-16(23)25-4-27-18(11)31/h3-9,12-14,19-20,32H,1-2H2,(H,33,43)(H,34,44)(H2,22,24,26)(H2,23,25,27)/t7-,8-,9+,12-,13-,14-,19-,20-,41-,42-/m1/s1. The number of hydrogen-bond donors (Lipinski definition) is 5. The summed E-state index contributed by atoms with van der Waals surface area (Å²) in [6.45, 7) is -9.97. The summed E-state index contributed by atoms with van der Waals surface area (Å²) in [6, 6.07) is 0. The van der Waals surface area contributed by atoms with Crippen LogP contribution in [0.3, 0.4) is 0 Å². The second-order valence-corrected chi connectivity index (χ2v) is 15.7. The largest absolute Gasteiger partial charge is 0.386 e. The monoisotopic (exact) mass is 692 g/mol. The summed E-state index contributed by atoms with van der Waals surface area (Å²) in [5.41, 5.74) is 12.6. The van der Waals surface area contributed by atoms with E-state index < -0.39 is 76.0 Å². The molecule has 7 rings (SSSR count). The van der Waals surface area contributed by atoms with Crippen LogP contribution in [0.4, 0.5) is 16.0 Å². The number of aromatic nitrogens is 8. The van der Waals surface area contributed by atoms with Crippen molar-refractivity contribution >= 4 is 72.1 Å². The van der Waals surface area contributed by atoms with Crippen LogP contribution in [0.1, 0.15) is 12.5 Å². The summed E-state index contributed by atoms with van der Waals surface area (Å²) in [7, 11) is 0. The fourth-order valence-corrected chi connectivity index (χ4v) is 8.14. The number of thiol groups is 2. The molecule has 4 aromatic heterocycles. The highest BCUT2D eigenvalue weighted by molar-refractivity contribution is 8.44. The molecule has 3 aliphatic heterocycles. The van der Waals surface area contributed by atoms with Crippen LogP contribution in [-0.2, 0) is 36.7 Å². The van der Waals surface area contributed by atoms with Crippen LogP contribution in [0.2, 0.25) is 0 Å². The Kier molecular flexibility index (Phi) is 7.61. The normalized spacial score (nSPS) is 38.3. The number of rotatable bonds is 2. The van der Waals surface area contributed by atoms with Gasteiger partial charge in [-0.05, 0) is 0 Å². The van der Waals surface area contributed by atoms with E-state index in [1.165, 1.54) is 34.4 Å². The van der Waals surface area contributed by atoms with Crippen LogP contribution in [0.5, 0.6) is 0 Å². The van der Waals surface area contributed by atoms with Gasteiger partial charge >= 0.3 is 13.6 Å². The van der Waals surface area contributed by atoms with Gasteiger partial charge in [0.15, 0.2) is 41.6 Å². The lowest BCUT2D eigenvalue weighted by Gasteiger charge is -2.26. The summed E-state index contributed by atoms with van der Waals surface area (Å²) in [4.78, 5) is 24.3. The minimum absolute atomic E-state index is 0.0608. The van der Waals surface area contributed by atoms with Crippen LogP contribution in [0.25, 0.3) is 22.3 Å². The van der Waals surface area contributed by atoms with Crippen LogP contribution in [0.15, 0.2) is 25.3 Å². The summed E-state index contributed by atoms with van der Waals surface area (Å²) in [6.07, 6.45) is -6.87. The third kappa shape index (κ3) is 5.26. The Morgan fingerprint density at radius 2 is 1.30 bits per heavy atom. The molecule has 0 aliphatic carbocycles. The van der Waals surface area contributed by atoms with Crippen molar-refractivity contribution in [1.82, 2.24) is 39.0 Å². The van der Waals surface area contributed by atoms with Gasteiger partial charge in [0.25, 0.3) is 0 Å². The van der Waals surface area contributed by atoms with Crippen molar-refractivity contribution in [3.63, 3.8) is 0 Å². The van der Waals surface area contributed by atoms with Crippen molar-refractivity contribution in [3.8, 4) is 0 Å². The van der Waals surface area contributed by atoms with Crippen LogP contribution < -0.4 is 11.5 Å². The number of imidazole rings is 2. The van der Waals surface area contributed by atoms with Crippen molar-refractivity contribution in [2.24, 2.45) is 0 Å². The number of anilines is 2. The lowest BCUT2D eigenvalue weighted by Crippen LogP contribution is -2.35. The fraction of sp³-hybridized carbons (Fsp3) is 0.500. The number of hydrogen-bond acceptors (Lipinski definition) is 17. The van der Waals surface area contributed by atoms with Crippen molar-refractivity contribution in [1.29, 1.82) is 0 Å². The van der Waals surface area contributed by atoms with E-state index in [1.54, 1.807) is 0 Å². The quantitative estimate of drug-likeness (QED) is 0.146. The molecule has 10 atom stereocenters. The molecule has 44 heavy (non-hydrogen) atoms. The number of halogens is 1. The topological polar surface area (TPSA) is 249 Å². The molecule has 0 radical (unpaired) electrons. The van der Waals surface area contributed by atoms with E-state index in [4.69, 9.17) is 39.0 Å². The zero-order chi connectivity index (χ0) is 31.0. The zero-order valence-electron chi connectivity index (χ0n) is 22.0. The van der Waals surface area contributed by atoms with E-state index in [0.29, 0.717) is 0 Å². The highest BCUT2D eigenvalue weighted by Gasteiger charge is 2.54. The Bertz CT molecular complexity index is 1840. The Labute approximate surface area is 256 Å².